The number of thiol groups is 1. The standard InChI is InChI=1S/C25H27N3O4S2/c1-7-32-25(29)20-19(15-8-9-16(30-5)17(12-15)31-6)18-13(2)14(3)34-24(18)27-21(20)22(33)23-26-10-11-28(23)4/h8-12,22,33H,7H2,1-6H3. The Morgan fingerprint density at radius 2 is 1.94 bits per heavy atom. The quantitative estimate of drug-likeness (QED) is 0.267. The highest BCUT2D eigenvalue weighted by atomic mass is 32.1. The summed E-state index contributed by atoms with van der Waals surface area (Å²) in [6.07, 6.45) is 3.55. The SMILES string of the molecule is CCOC(=O)c1c(C(S)c2nccn2C)nc2sc(C)c(C)c2c1-c1ccc(OC)c(OC)c1. The van der Waals surface area contributed by atoms with Crippen LogP contribution in [0.5, 0.6) is 11.5 Å². The molecule has 34 heavy (non-hydrogen) atoms. The van der Waals surface area contributed by atoms with Crippen LogP contribution in [-0.4, -0.2) is 41.3 Å². The summed E-state index contributed by atoms with van der Waals surface area (Å²) in [4.78, 5) is 24.8. The average Bonchev–Trinajstić information content (AvgIpc) is 3.39. The number of carbonyl (C=O) groups excluding carboxylic acids is 1. The molecule has 0 fully saturated rings. The number of methoxy groups -OCH3 is 2. The van der Waals surface area contributed by atoms with Crippen molar-refractivity contribution in [2.45, 2.75) is 26.0 Å². The molecule has 1 atom stereocenters. The van der Waals surface area contributed by atoms with Gasteiger partial charge in [-0.1, -0.05) is 6.07 Å². The van der Waals surface area contributed by atoms with Gasteiger partial charge in [-0.15, -0.1) is 11.3 Å². The molecule has 7 nitrogen and oxygen atoms in total. The third kappa shape index (κ3) is 4.03. The molecule has 0 aliphatic carbocycles. The van der Waals surface area contributed by atoms with Crippen LogP contribution in [0.2, 0.25) is 0 Å². The largest absolute Gasteiger partial charge is 0.493 e. The number of ether oxygens (including phenoxy) is 3. The second-order valence-corrected chi connectivity index (χ2v) is 9.52. The maximum atomic E-state index is 13.5. The molecule has 0 aliphatic heterocycles. The highest BCUT2D eigenvalue weighted by molar-refractivity contribution is 7.80. The van der Waals surface area contributed by atoms with Crippen molar-refractivity contribution in [3.63, 3.8) is 0 Å². The maximum Gasteiger partial charge on any atom is 0.340 e. The van der Waals surface area contributed by atoms with E-state index < -0.39 is 11.2 Å². The first-order valence-corrected chi connectivity index (χ1v) is 12.1. The van der Waals surface area contributed by atoms with E-state index in [0.29, 0.717) is 28.6 Å². The molecule has 4 aromatic rings. The molecule has 0 saturated heterocycles. The Morgan fingerprint density at radius 1 is 1.21 bits per heavy atom. The summed E-state index contributed by atoms with van der Waals surface area (Å²) in [5.74, 6) is 1.41. The van der Waals surface area contributed by atoms with Crippen molar-refractivity contribution < 1.29 is 19.0 Å². The Hall–Kier alpha value is -3.04. The van der Waals surface area contributed by atoms with Gasteiger partial charge in [0.05, 0.1) is 32.1 Å². The zero-order valence-corrected chi connectivity index (χ0v) is 21.7. The van der Waals surface area contributed by atoms with E-state index >= 15 is 0 Å². The molecule has 0 spiro atoms. The van der Waals surface area contributed by atoms with Gasteiger partial charge in [0.25, 0.3) is 0 Å². The number of esters is 1. The van der Waals surface area contributed by atoms with Gasteiger partial charge in [-0.25, -0.2) is 14.8 Å². The predicted octanol–water partition coefficient (Wildman–Crippen LogP) is 5.53. The van der Waals surface area contributed by atoms with E-state index in [-0.39, 0.29) is 6.61 Å². The van der Waals surface area contributed by atoms with Crippen molar-refractivity contribution in [1.82, 2.24) is 14.5 Å². The average molecular weight is 498 g/mol. The topological polar surface area (TPSA) is 75.5 Å². The van der Waals surface area contributed by atoms with Crippen LogP contribution in [0.3, 0.4) is 0 Å². The number of pyridine rings is 1. The summed E-state index contributed by atoms with van der Waals surface area (Å²) < 4.78 is 18.4. The van der Waals surface area contributed by atoms with Gasteiger partial charge in [0.15, 0.2) is 11.5 Å². The van der Waals surface area contributed by atoms with E-state index in [0.717, 1.165) is 31.8 Å². The van der Waals surface area contributed by atoms with Crippen molar-refractivity contribution >= 4 is 40.2 Å². The van der Waals surface area contributed by atoms with Crippen LogP contribution in [0.25, 0.3) is 21.3 Å². The lowest BCUT2D eigenvalue weighted by molar-refractivity contribution is 0.0525. The van der Waals surface area contributed by atoms with E-state index in [9.17, 15) is 4.79 Å². The van der Waals surface area contributed by atoms with Crippen LogP contribution in [0, 0.1) is 13.8 Å². The number of imidazole rings is 1. The third-order valence-corrected chi connectivity index (χ3v) is 7.44. The molecule has 0 N–H and O–H groups in total. The highest BCUT2D eigenvalue weighted by Gasteiger charge is 2.31. The fourth-order valence-corrected chi connectivity index (χ4v) is 5.53. The molecule has 3 heterocycles. The van der Waals surface area contributed by atoms with Crippen LogP contribution in [0.4, 0.5) is 0 Å². The summed E-state index contributed by atoms with van der Waals surface area (Å²) in [5, 5.41) is 0.382. The van der Waals surface area contributed by atoms with E-state index in [1.54, 1.807) is 38.7 Å². The first-order valence-electron chi connectivity index (χ1n) is 10.8. The Balaban J connectivity index is 2.13. The summed E-state index contributed by atoms with van der Waals surface area (Å²) in [5.41, 5.74) is 3.51. The molecule has 0 amide bonds. The smallest absolute Gasteiger partial charge is 0.340 e. The number of hydrogen-bond donors (Lipinski definition) is 1. The number of benzene rings is 1. The molecule has 1 aromatic carbocycles. The Morgan fingerprint density at radius 3 is 2.56 bits per heavy atom. The van der Waals surface area contributed by atoms with E-state index in [4.69, 9.17) is 31.8 Å². The van der Waals surface area contributed by atoms with Crippen LogP contribution in [-0.2, 0) is 11.8 Å². The van der Waals surface area contributed by atoms with Crippen molar-refractivity contribution in [2.24, 2.45) is 7.05 Å². The van der Waals surface area contributed by atoms with Crippen molar-refractivity contribution in [1.29, 1.82) is 0 Å². The van der Waals surface area contributed by atoms with Crippen molar-refractivity contribution in [3.8, 4) is 22.6 Å². The third-order valence-electron chi connectivity index (χ3n) is 5.86. The van der Waals surface area contributed by atoms with Crippen molar-refractivity contribution in [2.75, 3.05) is 20.8 Å². The maximum absolute atomic E-state index is 13.5. The number of rotatable bonds is 7. The molecule has 9 heteroatoms. The predicted molar refractivity (Wildman–Crippen MR) is 138 cm³/mol. The van der Waals surface area contributed by atoms with Crippen LogP contribution >= 0.6 is 24.0 Å². The van der Waals surface area contributed by atoms with E-state index in [2.05, 4.69) is 11.9 Å². The second-order valence-electron chi connectivity index (χ2n) is 7.80. The molecule has 0 bridgehead atoms. The van der Waals surface area contributed by atoms with Crippen LogP contribution in [0.15, 0.2) is 30.6 Å². The van der Waals surface area contributed by atoms with Gasteiger partial charge in [-0.3, -0.25) is 0 Å². The first-order chi connectivity index (χ1) is 16.3. The lowest BCUT2D eigenvalue weighted by Crippen LogP contribution is -2.15. The second kappa shape index (κ2) is 9.68. The zero-order valence-electron chi connectivity index (χ0n) is 20.0. The summed E-state index contributed by atoms with van der Waals surface area (Å²) in [7, 11) is 5.07. The molecule has 178 valence electrons. The van der Waals surface area contributed by atoms with Gasteiger partial charge in [0, 0.05) is 35.3 Å². The Bertz CT molecular complexity index is 1380. The van der Waals surface area contributed by atoms with Gasteiger partial charge in [-0.2, -0.15) is 12.6 Å². The summed E-state index contributed by atoms with van der Waals surface area (Å²) >= 11 is 6.46. The fourth-order valence-electron chi connectivity index (χ4n) is 4.05. The number of aromatic nitrogens is 3. The van der Waals surface area contributed by atoms with E-state index in [1.165, 1.54) is 0 Å². The van der Waals surface area contributed by atoms with Gasteiger partial charge >= 0.3 is 5.97 Å². The molecule has 0 aliphatic rings. The molecule has 0 saturated carbocycles. The van der Waals surface area contributed by atoms with Gasteiger partial charge in [-0.05, 0) is 44.0 Å². The molecular weight excluding hydrogens is 470 g/mol. The molecular formula is C25H27N3O4S2. The van der Waals surface area contributed by atoms with E-state index in [1.807, 2.05) is 42.9 Å². The summed E-state index contributed by atoms with van der Waals surface area (Å²) in [6, 6.07) is 5.63. The minimum Gasteiger partial charge on any atom is -0.493 e. The van der Waals surface area contributed by atoms with Crippen molar-refractivity contribution in [3.05, 3.63) is 58.1 Å². The zero-order chi connectivity index (χ0) is 24.6. The highest BCUT2D eigenvalue weighted by Crippen LogP contribution is 2.44. The van der Waals surface area contributed by atoms with Gasteiger partial charge in [0.1, 0.15) is 15.9 Å². The van der Waals surface area contributed by atoms with Crippen LogP contribution < -0.4 is 9.47 Å². The van der Waals surface area contributed by atoms with Gasteiger partial charge < -0.3 is 18.8 Å². The number of carbonyl (C=O) groups is 1. The minimum atomic E-state index is -0.537. The number of thiophene rings is 1. The molecule has 0 radical (unpaired) electrons. The van der Waals surface area contributed by atoms with Gasteiger partial charge in [0.2, 0.25) is 0 Å². The molecule has 4 rings (SSSR count). The normalized spacial score (nSPS) is 12.1. The Labute approximate surface area is 208 Å². The summed E-state index contributed by atoms with van der Waals surface area (Å²) in [6.45, 7) is 6.13. The fraction of sp³-hybridized carbons (Fsp3) is 0.320. The lowest BCUT2D eigenvalue weighted by atomic mass is 9.92. The first kappa shape index (κ1) is 24.1. The number of nitrogens with zero attached hydrogens (tertiary/aromatic N) is 3. The lowest BCUT2D eigenvalue weighted by Gasteiger charge is -2.20. The number of aryl methyl sites for hydroxylation is 3. The number of fused-ring (bicyclic) bond motifs is 1. The number of hydrogen-bond acceptors (Lipinski definition) is 8. The molecule has 3 aromatic heterocycles. The monoisotopic (exact) mass is 497 g/mol. The Kier molecular flexibility index (Phi) is 6.86. The minimum absolute atomic E-state index is 0.239. The molecule has 1 unspecified atom stereocenters. The van der Waals surface area contributed by atoms with Crippen LogP contribution in [0.1, 0.15) is 44.5 Å².